The van der Waals surface area contributed by atoms with Crippen LogP contribution in [0.3, 0.4) is 0 Å². The van der Waals surface area contributed by atoms with Crippen LogP contribution in [-0.4, -0.2) is 41.9 Å². The molecule has 0 spiro atoms. The van der Waals surface area contributed by atoms with Crippen LogP contribution in [0.2, 0.25) is 0 Å². The number of anilines is 2. The zero-order valence-corrected chi connectivity index (χ0v) is 15.7. The largest absolute Gasteiger partial charge is 0.480 e. The maximum Gasteiger partial charge on any atom is 0.255 e. The summed E-state index contributed by atoms with van der Waals surface area (Å²) in [5.74, 6) is 1.12. The summed E-state index contributed by atoms with van der Waals surface area (Å²) in [6, 6.07) is 9.26. The van der Waals surface area contributed by atoms with E-state index in [-0.39, 0.29) is 0 Å². The number of hydrogen-bond donors (Lipinski definition) is 2. The molecule has 3 aromatic heterocycles. The highest BCUT2D eigenvalue weighted by atomic mass is 16.5. The zero-order valence-electron chi connectivity index (χ0n) is 15.7. The van der Waals surface area contributed by atoms with Crippen LogP contribution in [0, 0.1) is 0 Å². The second kappa shape index (κ2) is 6.86. The van der Waals surface area contributed by atoms with Crippen LogP contribution in [0.1, 0.15) is 19.4 Å². The highest BCUT2D eigenvalue weighted by Gasteiger charge is 2.18. The molecular formula is C19H19N7O2. The van der Waals surface area contributed by atoms with Gasteiger partial charge >= 0.3 is 0 Å². The van der Waals surface area contributed by atoms with Gasteiger partial charge in [-0.1, -0.05) is 12.1 Å². The van der Waals surface area contributed by atoms with Gasteiger partial charge in [0.1, 0.15) is 12.0 Å². The number of rotatable bonds is 5. The monoisotopic (exact) mass is 377 g/mol. The van der Waals surface area contributed by atoms with Crippen molar-refractivity contribution < 1.29 is 9.84 Å². The minimum atomic E-state index is -0.966. The summed E-state index contributed by atoms with van der Waals surface area (Å²) in [5, 5.41) is 18.7. The lowest BCUT2D eigenvalue weighted by molar-refractivity contribution is 0.0787. The molecule has 0 atom stereocenters. The smallest absolute Gasteiger partial charge is 0.255 e. The molecule has 0 unspecified atom stereocenters. The molecule has 28 heavy (non-hydrogen) atoms. The number of hydrogen-bond acceptors (Lipinski definition) is 8. The molecule has 0 fully saturated rings. The highest BCUT2D eigenvalue weighted by molar-refractivity contribution is 5.80. The lowest BCUT2D eigenvalue weighted by Crippen LogP contribution is -2.15. The van der Waals surface area contributed by atoms with Crippen molar-refractivity contribution in [2.75, 3.05) is 12.4 Å². The third-order valence-electron chi connectivity index (χ3n) is 4.24. The van der Waals surface area contributed by atoms with Crippen molar-refractivity contribution >= 4 is 22.5 Å². The third-order valence-corrected chi connectivity index (χ3v) is 4.24. The lowest BCUT2D eigenvalue weighted by Gasteiger charge is -2.17. The predicted molar refractivity (Wildman–Crippen MR) is 104 cm³/mol. The standard InChI is InChI=1S/C19H19N7O2/c1-19(2,27)13-7-6-12-10-23-26(15(12)9-13)18-22-11-21-17(25-18)24-14-5-4-8-20-16(14)28-3/h4-11,27H,1-3H3,(H,21,22,24,25). The van der Waals surface area contributed by atoms with E-state index < -0.39 is 5.60 Å². The predicted octanol–water partition coefficient (Wildman–Crippen LogP) is 2.59. The van der Waals surface area contributed by atoms with Crippen LogP contribution < -0.4 is 10.1 Å². The normalized spacial score (nSPS) is 11.6. The van der Waals surface area contributed by atoms with E-state index in [2.05, 4.69) is 30.4 Å². The molecule has 4 rings (SSSR count). The molecule has 4 aromatic rings. The Morgan fingerprint density at radius 1 is 1.14 bits per heavy atom. The van der Waals surface area contributed by atoms with Gasteiger partial charge in [-0.05, 0) is 37.6 Å². The van der Waals surface area contributed by atoms with Gasteiger partial charge in [0.25, 0.3) is 5.95 Å². The Morgan fingerprint density at radius 3 is 2.79 bits per heavy atom. The van der Waals surface area contributed by atoms with Crippen molar-refractivity contribution in [1.29, 1.82) is 0 Å². The van der Waals surface area contributed by atoms with Crippen molar-refractivity contribution in [3.8, 4) is 11.8 Å². The minimum absolute atomic E-state index is 0.332. The van der Waals surface area contributed by atoms with Crippen LogP contribution in [0.5, 0.6) is 5.88 Å². The van der Waals surface area contributed by atoms with Crippen LogP contribution in [0.15, 0.2) is 49.1 Å². The first-order valence-electron chi connectivity index (χ1n) is 8.62. The molecular weight excluding hydrogens is 358 g/mol. The van der Waals surface area contributed by atoms with E-state index in [1.54, 1.807) is 44.1 Å². The summed E-state index contributed by atoms with van der Waals surface area (Å²) < 4.78 is 6.85. The quantitative estimate of drug-likeness (QED) is 0.546. The van der Waals surface area contributed by atoms with Gasteiger partial charge in [-0.25, -0.2) is 9.97 Å². The number of aliphatic hydroxyl groups is 1. The van der Waals surface area contributed by atoms with Crippen molar-refractivity contribution in [2.45, 2.75) is 19.4 Å². The molecule has 0 bridgehead atoms. The Balaban J connectivity index is 1.73. The first-order chi connectivity index (χ1) is 13.5. The lowest BCUT2D eigenvalue weighted by atomic mass is 9.97. The van der Waals surface area contributed by atoms with Crippen molar-refractivity contribution in [2.24, 2.45) is 0 Å². The number of nitrogens with one attached hydrogen (secondary N) is 1. The van der Waals surface area contributed by atoms with Crippen molar-refractivity contribution in [1.82, 2.24) is 29.7 Å². The van der Waals surface area contributed by atoms with Crippen LogP contribution in [0.25, 0.3) is 16.9 Å². The number of ether oxygens (including phenoxy) is 1. The molecule has 0 radical (unpaired) electrons. The fourth-order valence-corrected chi connectivity index (χ4v) is 2.78. The number of nitrogens with zero attached hydrogens (tertiary/aromatic N) is 6. The third kappa shape index (κ3) is 3.35. The van der Waals surface area contributed by atoms with Crippen LogP contribution >= 0.6 is 0 Å². The van der Waals surface area contributed by atoms with E-state index >= 15 is 0 Å². The molecule has 0 saturated carbocycles. The highest BCUT2D eigenvalue weighted by Crippen LogP contribution is 2.26. The number of benzene rings is 1. The molecule has 0 aliphatic carbocycles. The van der Waals surface area contributed by atoms with Gasteiger partial charge in [-0.2, -0.15) is 19.7 Å². The molecule has 9 heteroatoms. The first kappa shape index (κ1) is 17.8. The van der Waals surface area contributed by atoms with Crippen molar-refractivity contribution in [3.63, 3.8) is 0 Å². The molecule has 1 aromatic carbocycles. The number of aromatic nitrogens is 6. The van der Waals surface area contributed by atoms with Gasteiger partial charge in [-0.15, -0.1) is 0 Å². The number of fused-ring (bicyclic) bond motifs is 1. The molecule has 3 heterocycles. The van der Waals surface area contributed by atoms with E-state index in [0.29, 0.717) is 23.5 Å². The summed E-state index contributed by atoms with van der Waals surface area (Å²) in [7, 11) is 1.54. The molecule has 2 N–H and O–H groups in total. The Labute approximate surface area is 161 Å². The van der Waals surface area contributed by atoms with Gasteiger partial charge < -0.3 is 15.2 Å². The van der Waals surface area contributed by atoms with Crippen LogP contribution in [0.4, 0.5) is 11.6 Å². The Hall–Kier alpha value is -3.59. The number of pyridine rings is 1. The Kier molecular flexibility index (Phi) is 4.36. The second-order valence-electron chi connectivity index (χ2n) is 6.68. The molecule has 0 amide bonds. The maximum atomic E-state index is 10.3. The zero-order chi connectivity index (χ0) is 19.7. The molecule has 142 valence electrons. The molecule has 0 aliphatic heterocycles. The summed E-state index contributed by atoms with van der Waals surface area (Å²) in [6.07, 6.45) is 4.77. The van der Waals surface area contributed by atoms with Crippen LogP contribution in [-0.2, 0) is 5.60 Å². The second-order valence-corrected chi connectivity index (χ2v) is 6.68. The van der Waals surface area contributed by atoms with Gasteiger partial charge in [0.15, 0.2) is 0 Å². The fourth-order valence-electron chi connectivity index (χ4n) is 2.78. The van der Waals surface area contributed by atoms with Gasteiger partial charge in [-0.3, -0.25) is 0 Å². The Bertz CT molecular complexity index is 1130. The van der Waals surface area contributed by atoms with E-state index in [0.717, 1.165) is 16.5 Å². The van der Waals surface area contributed by atoms with E-state index in [1.807, 2.05) is 24.3 Å². The average molecular weight is 377 g/mol. The van der Waals surface area contributed by atoms with E-state index in [1.165, 1.54) is 6.33 Å². The fraction of sp³-hybridized carbons (Fsp3) is 0.211. The molecule has 0 saturated heterocycles. The Morgan fingerprint density at radius 2 is 2.00 bits per heavy atom. The van der Waals surface area contributed by atoms with E-state index in [9.17, 15) is 5.11 Å². The van der Waals surface area contributed by atoms with Crippen molar-refractivity contribution in [3.05, 3.63) is 54.6 Å². The maximum absolute atomic E-state index is 10.3. The molecule has 9 nitrogen and oxygen atoms in total. The minimum Gasteiger partial charge on any atom is -0.480 e. The van der Waals surface area contributed by atoms with E-state index in [4.69, 9.17) is 4.74 Å². The topological polar surface area (TPSA) is 111 Å². The SMILES string of the molecule is COc1ncccc1Nc1ncnc(-n2ncc3ccc(C(C)(C)O)cc32)n1. The number of methoxy groups -OCH3 is 1. The van der Waals surface area contributed by atoms with Gasteiger partial charge in [0, 0.05) is 11.6 Å². The summed E-state index contributed by atoms with van der Waals surface area (Å²) >= 11 is 0. The summed E-state index contributed by atoms with van der Waals surface area (Å²) in [4.78, 5) is 17.0. The molecule has 0 aliphatic rings. The summed E-state index contributed by atoms with van der Waals surface area (Å²) in [6.45, 7) is 3.47. The summed E-state index contributed by atoms with van der Waals surface area (Å²) in [5.41, 5.74) is 1.23. The average Bonchev–Trinajstić information content (AvgIpc) is 3.11. The first-order valence-corrected chi connectivity index (χ1v) is 8.62. The van der Waals surface area contributed by atoms with Gasteiger partial charge in [0.05, 0.1) is 24.4 Å². The van der Waals surface area contributed by atoms with Gasteiger partial charge in [0.2, 0.25) is 11.8 Å².